The third kappa shape index (κ3) is 3.40. The second kappa shape index (κ2) is 5.52. The third-order valence-corrected chi connectivity index (χ3v) is 3.77. The van der Waals surface area contributed by atoms with Crippen molar-refractivity contribution in [2.45, 2.75) is 25.1 Å². The molecule has 0 aliphatic heterocycles. The standard InChI is InChI=1S/C12H15N3O3S/c1-9-3-2-4-10(15-9)8-14-19(16,17)12-6-5-11(7-13)18-12/h2-6,14H,7-8,13H2,1H3. The number of sulfonamides is 1. The zero-order valence-corrected chi connectivity index (χ0v) is 11.3. The Labute approximate surface area is 111 Å². The molecule has 0 atom stereocenters. The summed E-state index contributed by atoms with van der Waals surface area (Å²) in [6, 6.07) is 8.35. The minimum atomic E-state index is -3.67. The van der Waals surface area contributed by atoms with Crippen LogP contribution < -0.4 is 10.5 Å². The van der Waals surface area contributed by atoms with Crippen LogP contribution in [0, 0.1) is 6.92 Å². The normalized spacial score (nSPS) is 11.7. The van der Waals surface area contributed by atoms with Crippen molar-refractivity contribution in [2.24, 2.45) is 5.73 Å². The summed E-state index contributed by atoms with van der Waals surface area (Å²) < 4.78 is 31.4. The lowest BCUT2D eigenvalue weighted by Gasteiger charge is -2.04. The van der Waals surface area contributed by atoms with E-state index in [1.807, 2.05) is 19.1 Å². The molecule has 0 radical (unpaired) electrons. The lowest BCUT2D eigenvalue weighted by atomic mass is 10.3. The van der Waals surface area contributed by atoms with Crippen LogP contribution in [0.1, 0.15) is 17.1 Å². The van der Waals surface area contributed by atoms with Crippen LogP contribution in [0.4, 0.5) is 0 Å². The van der Waals surface area contributed by atoms with Gasteiger partial charge in [-0.15, -0.1) is 0 Å². The van der Waals surface area contributed by atoms with Crippen LogP contribution in [0.3, 0.4) is 0 Å². The highest BCUT2D eigenvalue weighted by atomic mass is 32.2. The van der Waals surface area contributed by atoms with Crippen molar-refractivity contribution in [3.8, 4) is 0 Å². The quantitative estimate of drug-likeness (QED) is 0.849. The van der Waals surface area contributed by atoms with E-state index in [0.717, 1.165) is 5.69 Å². The maximum Gasteiger partial charge on any atom is 0.274 e. The summed E-state index contributed by atoms with van der Waals surface area (Å²) in [7, 11) is -3.67. The molecule has 2 aromatic rings. The molecule has 6 nitrogen and oxygen atoms in total. The van der Waals surface area contributed by atoms with E-state index in [2.05, 4.69) is 9.71 Å². The molecule has 19 heavy (non-hydrogen) atoms. The van der Waals surface area contributed by atoms with E-state index < -0.39 is 10.0 Å². The number of nitrogens with one attached hydrogen (secondary N) is 1. The van der Waals surface area contributed by atoms with Gasteiger partial charge in [0.25, 0.3) is 10.0 Å². The lowest BCUT2D eigenvalue weighted by molar-refractivity contribution is 0.412. The summed E-state index contributed by atoms with van der Waals surface area (Å²) in [6.45, 7) is 2.12. The summed E-state index contributed by atoms with van der Waals surface area (Å²) in [5.41, 5.74) is 6.85. The van der Waals surface area contributed by atoms with Crippen molar-refractivity contribution in [2.75, 3.05) is 0 Å². The molecule has 102 valence electrons. The molecule has 2 heterocycles. The highest BCUT2D eigenvalue weighted by Gasteiger charge is 2.18. The zero-order valence-electron chi connectivity index (χ0n) is 10.5. The molecule has 0 aliphatic rings. The maximum atomic E-state index is 11.9. The summed E-state index contributed by atoms with van der Waals surface area (Å²) in [5.74, 6) is 0.425. The minimum absolute atomic E-state index is 0.114. The summed E-state index contributed by atoms with van der Waals surface area (Å²) in [4.78, 5) is 4.21. The minimum Gasteiger partial charge on any atom is -0.447 e. The fraction of sp³-hybridized carbons (Fsp3) is 0.250. The van der Waals surface area contributed by atoms with Gasteiger partial charge in [-0.2, -0.15) is 0 Å². The molecule has 0 bridgehead atoms. The molecular formula is C12H15N3O3S. The molecule has 3 N–H and O–H groups in total. The number of furan rings is 1. The number of nitrogens with zero attached hydrogens (tertiary/aromatic N) is 1. The van der Waals surface area contributed by atoms with Gasteiger partial charge in [0.1, 0.15) is 5.76 Å². The van der Waals surface area contributed by atoms with Crippen LogP contribution in [-0.4, -0.2) is 13.4 Å². The number of aryl methyl sites for hydroxylation is 1. The number of pyridine rings is 1. The van der Waals surface area contributed by atoms with Gasteiger partial charge in [-0.25, -0.2) is 13.1 Å². The molecule has 0 amide bonds. The Bertz CT molecular complexity index is 664. The molecule has 0 aromatic carbocycles. The Morgan fingerprint density at radius 2 is 2.11 bits per heavy atom. The van der Waals surface area contributed by atoms with Crippen LogP contribution in [-0.2, 0) is 23.1 Å². The molecule has 2 aromatic heterocycles. The van der Waals surface area contributed by atoms with Gasteiger partial charge in [-0.1, -0.05) is 6.07 Å². The van der Waals surface area contributed by atoms with Crippen LogP contribution in [0.25, 0.3) is 0 Å². The average Bonchev–Trinajstić information content (AvgIpc) is 2.86. The first-order chi connectivity index (χ1) is 9.01. The molecular weight excluding hydrogens is 266 g/mol. The van der Waals surface area contributed by atoms with Gasteiger partial charge in [0.15, 0.2) is 0 Å². The van der Waals surface area contributed by atoms with Crippen LogP contribution in [0.2, 0.25) is 0 Å². The fourth-order valence-corrected chi connectivity index (χ4v) is 2.49. The molecule has 0 saturated heterocycles. The van der Waals surface area contributed by atoms with Gasteiger partial charge < -0.3 is 10.2 Å². The molecule has 0 unspecified atom stereocenters. The average molecular weight is 281 g/mol. The second-order valence-electron chi connectivity index (χ2n) is 4.02. The van der Waals surface area contributed by atoms with Gasteiger partial charge in [-0.05, 0) is 31.2 Å². The van der Waals surface area contributed by atoms with Gasteiger partial charge in [-0.3, -0.25) is 4.98 Å². The van der Waals surface area contributed by atoms with Crippen molar-refractivity contribution in [3.05, 3.63) is 47.5 Å². The smallest absolute Gasteiger partial charge is 0.274 e. The van der Waals surface area contributed by atoms with Crippen molar-refractivity contribution < 1.29 is 12.8 Å². The van der Waals surface area contributed by atoms with Crippen molar-refractivity contribution >= 4 is 10.0 Å². The Morgan fingerprint density at radius 1 is 1.32 bits per heavy atom. The first kappa shape index (κ1) is 13.7. The topological polar surface area (TPSA) is 98.2 Å². The van der Waals surface area contributed by atoms with Crippen LogP contribution in [0.5, 0.6) is 0 Å². The van der Waals surface area contributed by atoms with E-state index in [9.17, 15) is 8.42 Å². The molecule has 0 fully saturated rings. The van der Waals surface area contributed by atoms with E-state index in [0.29, 0.717) is 11.5 Å². The van der Waals surface area contributed by atoms with Gasteiger partial charge in [0.2, 0.25) is 5.09 Å². The van der Waals surface area contributed by atoms with Crippen molar-refractivity contribution in [1.29, 1.82) is 0 Å². The SMILES string of the molecule is Cc1cccc(CNS(=O)(=O)c2ccc(CN)o2)n1. The third-order valence-electron chi connectivity index (χ3n) is 2.49. The monoisotopic (exact) mass is 281 g/mol. The Kier molecular flexibility index (Phi) is 3.98. The lowest BCUT2D eigenvalue weighted by Crippen LogP contribution is -2.23. The second-order valence-corrected chi connectivity index (χ2v) is 5.72. The van der Waals surface area contributed by atoms with Crippen LogP contribution >= 0.6 is 0 Å². The number of hydrogen-bond donors (Lipinski definition) is 2. The largest absolute Gasteiger partial charge is 0.447 e. The summed E-state index contributed by atoms with van der Waals surface area (Å²) >= 11 is 0. The fourth-order valence-electron chi connectivity index (χ4n) is 1.55. The molecule has 0 aliphatic carbocycles. The molecule has 2 rings (SSSR count). The van der Waals surface area contributed by atoms with E-state index in [-0.39, 0.29) is 18.2 Å². The number of nitrogens with two attached hydrogens (primary N) is 1. The van der Waals surface area contributed by atoms with E-state index in [1.165, 1.54) is 6.07 Å². The Morgan fingerprint density at radius 3 is 2.74 bits per heavy atom. The van der Waals surface area contributed by atoms with Crippen molar-refractivity contribution in [3.63, 3.8) is 0 Å². The first-order valence-electron chi connectivity index (χ1n) is 5.72. The number of hydrogen-bond acceptors (Lipinski definition) is 5. The predicted molar refractivity (Wildman–Crippen MR) is 69.6 cm³/mol. The van der Waals surface area contributed by atoms with E-state index >= 15 is 0 Å². The van der Waals surface area contributed by atoms with Crippen LogP contribution in [0.15, 0.2) is 39.8 Å². The van der Waals surface area contributed by atoms with Crippen molar-refractivity contribution in [1.82, 2.24) is 9.71 Å². The Hall–Kier alpha value is -1.70. The number of rotatable bonds is 5. The maximum absolute atomic E-state index is 11.9. The first-order valence-corrected chi connectivity index (χ1v) is 7.20. The highest BCUT2D eigenvalue weighted by Crippen LogP contribution is 2.13. The van der Waals surface area contributed by atoms with Gasteiger partial charge in [0.05, 0.1) is 18.8 Å². The summed E-state index contributed by atoms with van der Waals surface area (Å²) in [6.07, 6.45) is 0. The zero-order chi connectivity index (χ0) is 13.9. The van der Waals surface area contributed by atoms with Gasteiger partial charge in [0, 0.05) is 5.69 Å². The highest BCUT2D eigenvalue weighted by molar-refractivity contribution is 7.89. The summed E-state index contributed by atoms with van der Waals surface area (Å²) in [5, 5.41) is -0.138. The Balaban J connectivity index is 2.09. The van der Waals surface area contributed by atoms with E-state index in [4.69, 9.17) is 10.2 Å². The molecule has 7 heteroatoms. The van der Waals surface area contributed by atoms with Gasteiger partial charge >= 0.3 is 0 Å². The predicted octanol–water partition coefficient (Wildman–Crippen LogP) is 0.920. The molecule has 0 spiro atoms. The molecule has 0 saturated carbocycles. The van der Waals surface area contributed by atoms with E-state index in [1.54, 1.807) is 12.1 Å². The number of aromatic nitrogens is 1.